The summed E-state index contributed by atoms with van der Waals surface area (Å²) in [6, 6.07) is 0.201. The first kappa shape index (κ1) is 12.5. The van der Waals surface area contributed by atoms with E-state index in [1.165, 1.54) is 29.3 Å². The lowest BCUT2D eigenvalue weighted by Gasteiger charge is -2.18. The van der Waals surface area contributed by atoms with E-state index in [4.69, 9.17) is 5.84 Å². The SMILES string of the molecule is CCCC(C)CC(NN)c1snnc1C. The molecule has 3 N–H and O–H groups in total. The lowest BCUT2D eigenvalue weighted by Crippen LogP contribution is -2.29. The molecule has 0 saturated carbocycles. The number of hydrogen-bond donors (Lipinski definition) is 2. The quantitative estimate of drug-likeness (QED) is 0.578. The van der Waals surface area contributed by atoms with E-state index in [0.29, 0.717) is 5.92 Å². The summed E-state index contributed by atoms with van der Waals surface area (Å²) in [7, 11) is 0. The third kappa shape index (κ3) is 3.52. The zero-order chi connectivity index (χ0) is 11.3. The molecule has 0 aromatic carbocycles. The predicted molar refractivity (Wildman–Crippen MR) is 63.4 cm³/mol. The van der Waals surface area contributed by atoms with Crippen molar-refractivity contribution in [1.29, 1.82) is 0 Å². The van der Waals surface area contributed by atoms with E-state index in [-0.39, 0.29) is 6.04 Å². The molecule has 1 rings (SSSR count). The second-order valence-corrected chi connectivity index (χ2v) is 4.86. The van der Waals surface area contributed by atoms with Crippen LogP contribution in [0.3, 0.4) is 0 Å². The van der Waals surface area contributed by atoms with Gasteiger partial charge < -0.3 is 0 Å². The Morgan fingerprint density at radius 2 is 2.27 bits per heavy atom. The van der Waals surface area contributed by atoms with Crippen LogP contribution in [0.1, 0.15) is 49.7 Å². The van der Waals surface area contributed by atoms with Gasteiger partial charge in [-0.1, -0.05) is 31.2 Å². The number of nitrogens with zero attached hydrogens (tertiary/aromatic N) is 2. The van der Waals surface area contributed by atoms with Crippen molar-refractivity contribution < 1.29 is 0 Å². The van der Waals surface area contributed by atoms with Crippen molar-refractivity contribution in [2.45, 2.75) is 46.1 Å². The van der Waals surface area contributed by atoms with Gasteiger partial charge in [-0.3, -0.25) is 11.3 Å². The third-order valence-corrected chi connectivity index (χ3v) is 3.56. The first-order valence-electron chi connectivity index (χ1n) is 5.44. The summed E-state index contributed by atoms with van der Waals surface area (Å²) in [4.78, 5) is 1.17. The fourth-order valence-corrected chi connectivity index (χ4v) is 2.54. The molecule has 1 heterocycles. The summed E-state index contributed by atoms with van der Waals surface area (Å²) in [5.41, 5.74) is 3.86. The van der Waals surface area contributed by atoms with Gasteiger partial charge in [0.05, 0.1) is 16.6 Å². The van der Waals surface area contributed by atoms with E-state index >= 15 is 0 Å². The monoisotopic (exact) mass is 228 g/mol. The maximum Gasteiger partial charge on any atom is 0.0773 e. The first-order valence-corrected chi connectivity index (χ1v) is 6.21. The minimum Gasteiger partial charge on any atom is -0.271 e. The summed E-state index contributed by atoms with van der Waals surface area (Å²) in [5.74, 6) is 6.26. The van der Waals surface area contributed by atoms with Gasteiger partial charge in [0.15, 0.2) is 0 Å². The molecule has 0 spiro atoms. The van der Waals surface area contributed by atoms with Crippen molar-refractivity contribution in [1.82, 2.24) is 15.0 Å². The smallest absolute Gasteiger partial charge is 0.0773 e. The number of hydrogen-bond acceptors (Lipinski definition) is 5. The van der Waals surface area contributed by atoms with Crippen LogP contribution in [0.5, 0.6) is 0 Å². The number of nitrogens with one attached hydrogen (secondary N) is 1. The summed E-state index contributed by atoms with van der Waals surface area (Å²) in [5, 5.41) is 4.01. The zero-order valence-electron chi connectivity index (χ0n) is 9.66. The predicted octanol–water partition coefficient (Wildman–Crippen LogP) is 2.18. The highest BCUT2D eigenvalue weighted by Crippen LogP contribution is 2.26. The Hall–Kier alpha value is -0.520. The average Bonchev–Trinajstić information content (AvgIpc) is 2.61. The van der Waals surface area contributed by atoms with Crippen molar-refractivity contribution in [2.24, 2.45) is 11.8 Å². The molecule has 2 unspecified atom stereocenters. The molecule has 0 radical (unpaired) electrons. The lowest BCUT2D eigenvalue weighted by molar-refractivity contribution is 0.397. The van der Waals surface area contributed by atoms with Crippen LogP contribution in [0, 0.1) is 12.8 Å². The van der Waals surface area contributed by atoms with Gasteiger partial charge in [-0.25, -0.2) is 0 Å². The molecular formula is C10H20N4S. The van der Waals surface area contributed by atoms with Crippen molar-refractivity contribution in [3.05, 3.63) is 10.6 Å². The first-order chi connectivity index (χ1) is 7.19. The van der Waals surface area contributed by atoms with Crippen LogP contribution in [0.2, 0.25) is 0 Å². The van der Waals surface area contributed by atoms with E-state index < -0.39 is 0 Å². The Bertz CT molecular complexity index is 287. The molecule has 0 amide bonds. The summed E-state index contributed by atoms with van der Waals surface area (Å²) in [6.07, 6.45) is 3.51. The fraction of sp³-hybridized carbons (Fsp3) is 0.800. The third-order valence-electron chi connectivity index (χ3n) is 2.62. The minimum atomic E-state index is 0.201. The van der Waals surface area contributed by atoms with E-state index in [9.17, 15) is 0 Å². The van der Waals surface area contributed by atoms with Crippen molar-refractivity contribution >= 4 is 11.5 Å². The molecule has 0 bridgehead atoms. The second kappa shape index (κ2) is 6.15. The zero-order valence-corrected chi connectivity index (χ0v) is 10.5. The van der Waals surface area contributed by atoms with Gasteiger partial charge in [0.2, 0.25) is 0 Å². The highest BCUT2D eigenvalue weighted by molar-refractivity contribution is 7.05. The van der Waals surface area contributed by atoms with Gasteiger partial charge in [-0.15, -0.1) is 5.10 Å². The van der Waals surface area contributed by atoms with Crippen LogP contribution in [-0.4, -0.2) is 9.59 Å². The van der Waals surface area contributed by atoms with E-state index in [1.54, 1.807) is 0 Å². The van der Waals surface area contributed by atoms with Crippen molar-refractivity contribution in [3.8, 4) is 0 Å². The Morgan fingerprint density at radius 1 is 1.53 bits per heavy atom. The van der Waals surface area contributed by atoms with Gasteiger partial charge in [0.1, 0.15) is 0 Å². The minimum absolute atomic E-state index is 0.201. The molecule has 2 atom stereocenters. The van der Waals surface area contributed by atoms with E-state index in [2.05, 4.69) is 28.9 Å². The summed E-state index contributed by atoms with van der Waals surface area (Å²) < 4.78 is 3.94. The van der Waals surface area contributed by atoms with Gasteiger partial charge in [-0.05, 0) is 30.8 Å². The molecule has 5 heteroatoms. The Labute approximate surface area is 95.4 Å². The molecule has 15 heavy (non-hydrogen) atoms. The highest BCUT2D eigenvalue weighted by Gasteiger charge is 2.18. The summed E-state index contributed by atoms with van der Waals surface area (Å²) >= 11 is 1.44. The number of rotatable bonds is 6. The van der Waals surface area contributed by atoms with Crippen molar-refractivity contribution in [2.75, 3.05) is 0 Å². The second-order valence-electron chi connectivity index (χ2n) is 4.07. The largest absolute Gasteiger partial charge is 0.271 e. The fourth-order valence-electron chi connectivity index (χ4n) is 1.82. The van der Waals surface area contributed by atoms with Crippen LogP contribution >= 0.6 is 11.5 Å². The standard InChI is InChI=1S/C10H20N4S/c1-4-5-7(2)6-9(12-11)10-8(3)13-14-15-10/h7,9,12H,4-6,11H2,1-3H3. The van der Waals surface area contributed by atoms with E-state index in [1.807, 2.05) is 6.92 Å². The van der Waals surface area contributed by atoms with Gasteiger partial charge in [0.25, 0.3) is 0 Å². The van der Waals surface area contributed by atoms with Gasteiger partial charge >= 0.3 is 0 Å². The summed E-state index contributed by atoms with van der Waals surface area (Å²) in [6.45, 7) is 6.45. The lowest BCUT2D eigenvalue weighted by atomic mass is 9.96. The molecule has 0 aliphatic heterocycles. The van der Waals surface area contributed by atoms with Gasteiger partial charge in [-0.2, -0.15) is 0 Å². The molecule has 1 aromatic heterocycles. The Balaban J connectivity index is 2.60. The Morgan fingerprint density at radius 3 is 2.73 bits per heavy atom. The average molecular weight is 228 g/mol. The van der Waals surface area contributed by atoms with Crippen LogP contribution in [0.15, 0.2) is 0 Å². The molecule has 1 aromatic rings. The molecule has 0 aliphatic rings. The van der Waals surface area contributed by atoms with Crippen LogP contribution in [0.4, 0.5) is 0 Å². The topological polar surface area (TPSA) is 63.8 Å². The van der Waals surface area contributed by atoms with E-state index in [0.717, 1.165) is 12.1 Å². The van der Waals surface area contributed by atoms with Crippen LogP contribution < -0.4 is 11.3 Å². The maximum absolute atomic E-state index is 5.58. The molecule has 86 valence electrons. The normalized spacial score (nSPS) is 15.2. The van der Waals surface area contributed by atoms with Crippen molar-refractivity contribution in [3.63, 3.8) is 0 Å². The molecular weight excluding hydrogens is 208 g/mol. The number of hydrazine groups is 1. The molecule has 0 saturated heterocycles. The molecule has 4 nitrogen and oxygen atoms in total. The highest BCUT2D eigenvalue weighted by atomic mass is 32.1. The molecule has 0 aliphatic carbocycles. The number of aromatic nitrogens is 2. The van der Waals surface area contributed by atoms with Crippen LogP contribution in [-0.2, 0) is 0 Å². The van der Waals surface area contributed by atoms with Gasteiger partial charge in [0, 0.05) is 0 Å². The number of nitrogens with two attached hydrogens (primary N) is 1. The maximum atomic E-state index is 5.58. The number of aryl methyl sites for hydroxylation is 1. The van der Waals surface area contributed by atoms with Crippen LogP contribution in [0.25, 0.3) is 0 Å². The Kier molecular flexibility index (Phi) is 5.14. The molecule has 0 fully saturated rings.